The van der Waals surface area contributed by atoms with Crippen molar-refractivity contribution in [3.63, 3.8) is 0 Å². The third-order valence-corrected chi connectivity index (χ3v) is 4.20. The molecule has 0 fully saturated rings. The fourth-order valence-electron chi connectivity index (χ4n) is 2.90. The van der Waals surface area contributed by atoms with Crippen LogP contribution in [-0.4, -0.2) is 30.3 Å². The average Bonchev–Trinajstić information content (AvgIpc) is 3.07. The number of hydrogen-bond acceptors (Lipinski definition) is 6. The van der Waals surface area contributed by atoms with Gasteiger partial charge in [-0.3, -0.25) is 4.79 Å². The Balaban J connectivity index is 1.88. The Kier molecular flexibility index (Phi) is 7.64. The molecule has 1 N–H and O–H groups in total. The molecule has 1 unspecified atom stereocenters. The number of rotatable bonds is 10. The number of nitrogens with one attached hydrogen (secondary N) is 1. The van der Waals surface area contributed by atoms with Crippen molar-refractivity contribution in [2.24, 2.45) is 5.92 Å². The molecule has 0 aliphatic carbocycles. The predicted octanol–water partition coefficient (Wildman–Crippen LogP) is 3.62. The highest BCUT2D eigenvalue weighted by molar-refractivity contribution is 5.76. The summed E-state index contributed by atoms with van der Waals surface area (Å²) in [6.45, 7) is 5.94. The van der Waals surface area contributed by atoms with Crippen molar-refractivity contribution in [3.05, 3.63) is 35.5 Å². The summed E-state index contributed by atoms with van der Waals surface area (Å²) in [5.41, 5.74) is 1.10. The third kappa shape index (κ3) is 6.27. The van der Waals surface area contributed by atoms with Crippen molar-refractivity contribution in [1.29, 1.82) is 0 Å². The topological polar surface area (TPSA) is 86.5 Å². The molecule has 0 saturated carbocycles. The maximum Gasteiger partial charge on any atom is 0.238 e. The maximum atomic E-state index is 12.4. The molecule has 0 aliphatic rings. The lowest BCUT2D eigenvalue weighted by molar-refractivity contribution is -0.122. The van der Waals surface area contributed by atoms with Gasteiger partial charge in [-0.2, -0.15) is 0 Å². The second-order valence-electron chi connectivity index (χ2n) is 6.95. The number of nitrogens with zero attached hydrogens (tertiary/aromatic N) is 2. The van der Waals surface area contributed by atoms with Gasteiger partial charge >= 0.3 is 0 Å². The van der Waals surface area contributed by atoms with E-state index in [0.29, 0.717) is 35.6 Å². The molecule has 1 aromatic heterocycles. The fourth-order valence-corrected chi connectivity index (χ4v) is 2.90. The van der Waals surface area contributed by atoms with Crippen LogP contribution in [-0.2, 0) is 11.2 Å². The molecule has 1 atom stereocenters. The normalized spacial score (nSPS) is 12.1. The van der Waals surface area contributed by atoms with E-state index >= 15 is 0 Å². The summed E-state index contributed by atoms with van der Waals surface area (Å²) in [6.07, 6.45) is 2.69. The zero-order valence-electron chi connectivity index (χ0n) is 16.7. The molecule has 2 rings (SSSR count). The quantitative estimate of drug-likeness (QED) is 0.682. The zero-order valence-corrected chi connectivity index (χ0v) is 16.7. The van der Waals surface area contributed by atoms with Crippen molar-refractivity contribution < 1.29 is 18.7 Å². The first-order chi connectivity index (χ1) is 12.9. The maximum absolute atomic E-state index is 12.4. The number of amides is 1. The molecule has 1 amide bonds. The molecule has 1 aromatic carbocycles. The van der Waals surface area contributed by atoms with Gasteiger partial charge in [-0.25, -0.2) is 0 Å². The SMILES string of the molecule is COc1ccc(CCCC(=O)NC(CC(C)C)c2nnc(C)o2)cc1OC. The summed E-state index contributed by atoms with van der Waals surface area (Å²) in [7, 11) is 3.23. The zero-order chi connectivity index (χ0) is 19.8. The Morgan fingerprint density at radius 2 is 1.93 bits per heavy atom. The van der Waals surface area contributed by atoms with E-state index in [1.165, 1.54) is 0 Å². The van der Waals surface area contributed by atoms with E-state index in [1.54, 1.807) is 21.1 Å². The molecule has 0 bridgehead atoms. The molecule has 0 radical (unpaired) electrons. The van der Waals surface area contributed by atoms with E-state index in [2.05, 4.69) is 29.4 Å². The van der Waals surface area contributed by atoms with Crippen LogP contribution in [0.3, 0.4) is 0 Å². The molecule has 2 aromatic rings. The first kappa shape index (κ1) is 20.7. The lowest BCUT2D eigenvalue weighted by atomic mass is 10.0. The van der Waals surface area contributed by atoms with Gasteiger partial charge in [0.15, 0.2) is 11.5 Å². The van der Waals surface area contributed by atoms with Crippen molar-refractivity contribution in [3.8, 4) is 11.5 Å². The summed E-state index contributed by atoms with van der Waals surface area (Å²) in [5.74, 6) is 2.75. The third-order valence-electron chi connectivity index (χ3n) is 4.20. The van der Waals surface area contributed by atoms with Gasteiger partial charge in [-0.1, -0.05) is 19.9 Å². The van der Waals surface area contributed by atoms with Crippen LogP contribution in [0.2, 0.25) is 0 Å². The van der Waals surface area contributed by atoms with Gasteiger partial charge in [0.2, 0.25) is 17.7 Å². The van der Waals surface area contributed by atoms with Crippen LogP contribution in [0.5, 0.6) is 11.5 Å². The van der Waals surface area contributed by atoms with E-state index in [0.717, 1.165) is 24.8 Å². The number of benzene rings is 1. The van der Waals surface area contributed by atoms with E-state index in [-0.39, 0.29) is 11.9 Å². The van der Waals surface area contributed by atoms with Crippen LogP contribution in [0, 0.1) is 12.8 Å². The average molecular weight is 375 g/mol. The minimum Gasteiger partial charge on any atom is -0.493 e. The molecule has 7 heteroatoms. The molecule has 0 spiro atoms. The molecule has 0 saturated heterocycles. The van der Waals surface area contributed by atoms with E-state index < -0.39 is 0 Å². The smallest absolute Gasteiger partial charge is 0.238 e. The van der Waals surface area contributed by atoms with E-state index in [4.69, 9.17) is 13.9 Å². The summed E-state index contributed by atoms with van der Waals surface area (Å²) in [5, 5.41) is 10.9. The molecular weight excluding hydrogens is 346 g/mol. The van der Waals surface area contributed by atoms with Gasteiger partial charge in [-0.05, 0) is 42.9 Å². The minimum absolute atomic E-state index is 0.0167. The number of carbonyl (C=O) groups excluding carboxylic acids is 1. The van der Waals surface area contributed by atoms with Gasteiger partial charge in [-0.15, -0.1) is 10.2 Å². The molecular formula is C20H29N3O4. The van der Waals surface area contributed by atoms with E-state index in [9.17, 15) is 4.79 Å². The van der Waals surface area contributed by atoms with Crippen LogP contribution in [0.25, 0.3) is 0 Å². The van der Waals surface area contributed by atoms with Crippen LogP contribution in [0.4, 0.5) is 0 Å². The van der Waals surface area contributed by atoms with Gasteiger partial charge < -0.3 is 19.2 Å². The molecule has 27 heavy (non-hydrogen) atoms. The van der Waals surface area contributed by atoms with Crippen LogP contribution >= 0.6 is 0 Å². The largest absolute Gasteiger partial charge is 0.493 e. The second kappa shape index (κ2) is 9.94. The van der Waals surface area contributed by atoms with Gasteiger partial charge in [0.05, 0.1) is 14.2 Å². The van der Waals surface area contributed by atoms with Crippen molar-refractivity contribution in [2.75, 3.05) is 14.2 Å². The Bertz CT molecular complexity index is 743. The van der Waals surface area contributed by atoms with Gasteiger partial charge in [0.1, 0.15) is 6.04 Å². The van der Waals surface area contributed by atoms with Crippen LogP contribution in [0.1, 0.15) is 56.5 Å². The lowest BCUT2D eigenvalue weighted by Gasteiger charge is -2.17. The summed E-state index contributed by atoms with van der Waals surface area (Å²) < 4.78 is 16.1. The monoisotopic (exact) mass is 375 g/mol. The van der Waals surface area contributed by atoms with Crippen LogP contribution < -0.4 is 14.8 Å². The number of methoxy groups -OCH3 is 2. The Morgan fingerprint density at radius 1 is 1.19 bits per heavy atom. The lowest BCUT2D eigenvalue weighted by Crippen LogP contribution is -2.29. The fraction of sp³-hybridized carbons (Fsp3) is 0.550. The van der Waals surface area contributed by atoms with Gasteiger partial charge in [0, 0.05) is 13.3 Å². The highest BCUT2D eigenvalue weighted by Crippen LogP contribution is 2.28. The molecule has 7 nitrogen and oxygen atoms in total. The Morgan fingerprint density at radius 3 is 2.52 bits per heavy atom. The first-order valence-corrected chi connectivity index (χ1v) is 9.23. The van der Waals surface area contributed by atoms with E-state index in [1.807, 2.05) is 18.2 Å². The highest BCUT2D eigenvalue weighted by Gasteiger charge is 2.21. The Hall–Kier alpha value is -2.57. The summed E-state index contributed by atoms with van der Waals surface area (Å²) in [4.78, 5) is 12.4. The van der Waals surface area contributed by atoms with Gasteiger partial charge in [0.25, 0.3) is 0 Å². The number of carbonyl (C=O) groups is 1. The Labute approximate surface area is 160 Å². The van der Waals surface area contributed by atoms with Crippen molar-refractivity contribution >= 4 is 5.91 Å². The minimum atomic E-state index is -0.250. The predicted molar refractivity (Wildman–Crippen MR) is 102 cm³/mol. The standard InChI is InChI=1S/C20H29N3O4/c1-13(2)11-16(20-23-22-14(3)27-20)21-19(24)8-6-7-15-9-10-17(25-4)18(12-15)26-5/h9-10,12-13,16H,6-8,11H2,1-5H3,(H,21,24). The molecule has 148 valence electrons. The summed E-state index contributed by atoms with van der Waals surface area (Å²) in [6, 6.07) is 5.56. The van der Waals surface area contributed by atoms with Crippen molar-refractivity contribution in [1.82, 2.24) is 15.5 Å². The van der Waals surface area contributed by atoms with Crippen molar-refractivity contribution in [2.45, 2.75) is 52.5 Å². The second-order valence-corrected chi connectivity index (χ2v) is 6.95. The number of aromatic nitrogens is 2. The highest BCUT2D eigenvalue weighted by atomic mass is 16.5. The molecule has 1 heterocycles. The molecule has 0 aliphatic heterocycles. The number of aryl methyl sites for hydroxylation is 2. The van der Waals surface area contributed by atoms with Crippen LogP contribution in [0.15, 0.2) is 22.6 Å². The number of ether oxygens (including phenoxy) is 2. The number of hydrogen-bond donors (Lipinski definition) is 1. The summed E-state index contributed by atoms with van der Waals surface area (Å²) >= 11 is 0. The first-order valence-electron chi connectivity index (χ1n) is 9.23.